The molecular formula is C27H34O3P2. The van der Waals surface area contributed by atoms with Crippen molar-refractivity contribution >= 4 is 18.1 Å². The van der Waals surface area contributed by atoms with Crippen LogP contribution in [-0.2, 0) is 15.1 Å². The SMILES string of the molecule is Cc1cc(-c2cccc3c2=c2ccccc2=3)c(C(C)(C)C)cc1C(C)(C)C.OPOPO. The molecule has 1 aliphatic rings. The summed E-state index contributed by atoms with van der Waals surface area (Å²) >= 11 is 0. The van der Waals surface area contributed by atoms with Crippen LogP contribution in [0.4, 0.5) is 0 Å². The van der Waals surface area contributed by atoms with Gasteiger partial charge in [-0.25, -0.2) is 0 Å². The third-order valence-corrected chi connectivity index (χ3v) is 6.64. The van der Waals surface area contributed by atoms with E-state index in [1.165, 1.54) is 48.7 Å². The van der Waals surface area contributed by atoms with Crippen LogP contribution < -0.4 is 0 Å². The van der Waals surface area contributed by atoms with Crippen LogP contribution in [0, 0.1) is 27.8 Å². The smallest absolute Gasteiger partial charge is 0.158 e. The molecule has 170 valence electrons. The van der Waals surface area contributed by atoms with Crippen molar-refractivity contribution < 1.29 is 14.1 Å². The summed E-state index contributed by atoms with van der Waals surface area (Å²) in [6, 6.07) is 20.4. The molecule has 0 aromatic heterocycles. The monoisotopic (exact) mass is 468 g/mol. The summed E-state index contributed by atoms with van der Waals surface area (Å²) in [4.78, 5) is 15.4. The van der Waals surface area contributed by atoms with Gasteiger partial charge in [0.1, 0.15) is 0 Å². The Morgan fingerprint density at radius 2 is 1.22 bits per heavy atom. The first kappa shape index (κ1) is 25.0. The molecule has 5 heteroatoms. The molecule has 3 aromatic rings. The largest absolute Gasteiger partial charge is 0.352 e. The summed E-state index contributed by atoms with van der Waals surface area (Å²) in [5.74, 6) is 0. The van der Waals surface area contributed by atoms with E-state index in [9.17, 15) is 0 Å². The van der Waals surface area contributed by atoms with Gasteiger partial charge in [0.25, 0.3) is 0 Å². The molecule has 0 radical (unpaired) electrons. The van der Waals surface area contributed by atoms with Gasteiger partial charge >= 0.3 is 0 Å². The van der Waals surface area contributed by atoms with Crippen LogP contribution in [0.25, 0.3) is 11.1 Å². The topological polar surface area (TPSA) is 49.7 Å². The Balaban J connectivity index is 0.000000523. The van der Waals surface area contributed by atoms with Gasteiger partial charge in [-0.15, -0.1) is 0 Å². The maximum atomic E-state index is 7.72. The van der Waals surface area contributed by atoms with E-state index < -0.39 is 18.1 Å². The van der Waals surface area contributed by atoms with Gasteiger partial charge in [0.15, 0.2) is 18.1 Å². The van der Waals surface area contributed by atoms with E-state index >= 15 is 0 Å². The second kappa shape index (κ2) is 9.72. The van der Waals surface area contributed by atoms with Gasteiger partial charge in [0.2, 0.25) is 0 Å². The Morgan fingerprint density at radius 1 is 0.656 bits per heavy atom. The molecule has 0 fully saturated rings. The molecule has 0 amide bonds. The molecule has 4 rings (SSSR count). The number of hydrogen-bond donors (Lipinski definition) is 2. The van der Waals surface area contributed by atoms with Crippen LogP contribution in [0.2, 0.25) is 0 Å². The Bertz CT molecular complexity index is 1300. The Hall–Kier alpha value is -1.60. The quantitative estimate of drug-likeness (QED) is 0.314. The third-order valence-electron chi connectivity index (χ3n) is 5.91. The van der Waals surface area contributed by atoms with Gasteiger partial charge in [-0.3, -0.25) is 4.31 Å². The fourth-order valence-corrected chi connectivity index (χ4v) is 4.71. The van der Waals surface area contributed by atoms with E-state index in [1.807, 2.05) is 0 Å². The van der Waals surface area contributed by atoms with Crippen LogP contribution >= 0.6 is 18.1 Å². The molecule has 0 saturated carbocycles. The Morgan fingerprint density at radius 3 is 1.75 bits per heavy atom. The molecule has 0 spiro atoms. The molecule has 2 unspecified atom stereocenters. The fourth-order valence-electron chi connectivity index (χ4n) is 4.54. The third kappa shape index (κ3) is 4.98. The molecular weight excluding hydrogens is 434 g/mol. The van der Waals surface area contributed by atoms with Gasteiger partial charge in [-0.1, -0.05) is 96.1 Å². The standard InChI is InChI=1S/C27H30.H4O3P2/c1-17-15-22(24(27(5,6)7)16-23(17)26(2,3)4)21-14-10-13-20-18-11-8-9-12-19(18)25(20)21;1-4-3-5-2/h8-16H,1-7H3;1-2,4-5H. The fraction of sp³-hybridized carbons (Fsp3) is 0.333. The van der Waals surface area contributed by atoms with Gasteiger partial charge < -0.3 is 9.79 Å². The average molecular weight is 469 g/mol. The number of rotatable bonds is 3. The first-order valence-corrected chi connectivity index (χ1v) is 12.5. The molecule has 2 atom stereocenters. The second-order valence-electron chi connectivity index (χ2n) is 10.3. The van der Waals surface area contributed by atoms with Crippen molar-refractivity contribution in [2.24, 2.45) is 0 Å². The molecule has 3 aromatic carbocycles. The highest BCUT2D eigenvalue weighted by molar-refractivity contribution is 7.39. The van der Waals surface area contributed by atoms with Gasteiger partial charge in [-0.2, -0.15) is 0 Å². The molecule has 32 heavy (non-hydrogen) atoms. The summed E-state index contributed by atoms with van der Waals surface area (Å²) in [5, 5.41) is 5.58. The van der Waals surface area contributed by atoms with E-state index in [0.717, 1.165) is 0 Å². The van der Waals surface area contributed by atoms with E-state index in [-0.39, 0.29) is 10.8 Å². The van der Waals surface area contributed by atoms with Crippen LogP contribution in [0.1, 0.15) is 58.2 Å². The van der Waals surface area contributed by atoms with Crippen molar-refractivity contribution in [2.45, 2.75) is 59.3 Å². The van der Waals surface area contributed by atoms with Crippen LogP contribution in [0.5, 0.6) is 0 Å². The lowest BCUT2D eigenvalue weighted by Gasteiger charge is -2.30. The second-order valence-corrected chi connectivity index (χ2v) is 11.5. The predicted molar refractivity (Wildman–Crippen MR) is 138 cm³/mol. The molecule has 2 N–H and O–H groups in total. The molecule has 0 bridgehead atoms. The Labute approximate surface area is 194 Å². The zero-order chi connectivity index (χ0) is 23.7. The minimum atomic E-state index is -0.580. The first-order chi connectivity index (χ1) is 15.0. The van der Waals surface area contributed by atoms with Crippen molar-refractivity contribution in [1.82, 2.24) is 0 Å². The van der Waals surface area contributed by atoms with E-state index in [2.05, 4.69) is 107 Å². The van der Waals surface area contributed by atoms with E-state index in [4.69, 9.17) is 9.79 Å². The lowest BCUT2D eigenvalue weighted by Crippen LogP contribution is -2.19. The Kier molecular flexibility index (Phi) is 7.60. The van der Waals surface area contributed by atoms with Gasteiger partial charge in [-0.05, 0) is 66.4 Å². The number of aryl methyl sites for hydroxylation is 1. The van der Waals surface area contributed by atoms with Gasteiger partial charge in [0, 0.05) is 0 Å². The zero-order valence-electron chi connectivity index (χ0n) is 20.0. The lowest BCUT2D eigenvalue weighted by atomic mass is 9.75. The van der Waals surface area contributed by atoms with Crippen LogP contribution in [0.3, 0.4) is 0 Å². The van der Waals surface area contributed by atoms with Crippen molar-refractivity contribution in [3.05, 3.63) is 92.2 Å². The van der Waals surface area contributed by atoms with Crippen molar-refractivity contribution in [3.63, 3.8) is 0 Å². The summed E-state index contributed by atoms with van der Waals surface area (Å²) < 4.78 is 4.00. The van der Waals surface area contributed by atoms with Crippen molar-refractivity contribution in [3.8, 4) is 11.1 Å². The molecule has 3 nitrogen and oxygen atoms in total. The normalized spacial score (nSPS) is 13.0. The maximum absolute atomic E-state index is 7.72. The molecule has 0 aliphatic heterocycles. The minimum Gasteiger partial charge on any atom is -0.352 e. The predicted octanol–water partition coefficient (Wildman–Crippen LogP) is 7.15. The van der Waals surface area contributed by atoms with Crippen molar-refractivity contribution in [2.75, 3.05) is 0 Å². The zero-order valence-corrected chi connectivity index (χ0v) is 22.0. The highest BCUT2D eigenvalue weighted by atomic mass is 31.2. The minimum absolute atomic E-state index is 0.0923. The van der Waals surface area contributed by atoms with Crippen LogP contribution in [0.15, 0.2) is 54.6 Å². The summed E-state index contributed by atoms with van der Waals surface area (Å²) in [6.45, 7) is 16.2. The molecule has 0 saturated heterocycles. The number of fused-ring (bicyclic) bond motifs is 2. The summed E-state index contributed by atoms with van der Waals surface area (Å²) in [6.07, 6.45) is 0. The van der Waals surface area contributed by atoms with Crippen molar-refractivity contribution in [1.29, 1.82) is 0 Å². The van der Waals surface area contributed by atoms with E-state index in [0.29, 0.717) is 0 Å². The highest BCUT2D eigenvalue weighted by Gasteiger charge is 2.25. The molecule has 0 heterocycles. The molecule has 1 aliphatic carbocycles. The van der Waals surface area contributed by atoms with Gasteiger partial charge in [0.05, 0.1) is 0 Å². The first-order valence-electron chi connectivity index (χ1n) is 10.8. The summed E-state index contributed by atoms with van der Waals surface area (Å²) in [5.41, 5.74) is 7.28. The maximum Gasteiger partial charge on any atom is 0.158 e. The van der Waals surface area contributed by atoms with E-state index in [1.54, 1.807) is 0 Å². The lowest BCUT2D eigenvalue weighted by molar-refractivity contribution is 0.496. The number of benzene rings is 3. The highest BCUT2D eigenvalue weighted by Crippen LogP contribution is 2.39. The summed E-state index contributed by atoms with van der Waals surface area (Å²) in [7, 11) is -1.16. The average Bonchev–Trinajstić information content (AvgIpc) is 2.70. The van der Waals surface area contributed by atoms with Crippen LogP contribution in [-0.4, -0.2) is 9.79 Å². The number of hydrogen-bond acceptors (Lipinski definition) is 3.